The van der Waals surface area contributed by atoms with Crippen molar-refractivity contribution < 1.29 is 14.3 Å². The van der Waals surface area contributed by atoms with Crippen LogP contribution in [0.3, 0.4) is 0 Å². The van der Waals surface area contributed by atoms with Gasteiger partial charge in [0.05, 0.1) is 19.1 Å². The fraction of sp³-hybridized carbons (Fsp3) is 0.481. The molecule has 178 valence electrons. The second-order valence-corrected chi connectivity index (χ2v) is 8.69. The number of rotatable bonds is 11. The van der Waals surface area contributed by atoms with Crippen molar-refractivity contribution in [3.63, 3.8) is 0 Å². The third-order valence-electron chi connectivity index (χ3n) is 6.35. The Morgan fingerprint density at radius 2 is 1.70 bits per heavy atom. The summed E-state index contributed by atoms with van der Waals surface area (Å²) < 4.78 is 5.29. The first kappa shape index (κ1) is 24.8. The lowest BCUT2D eigenvalue weighted by Crippen LogP contribution is -2.46. The molecule has 0 bridgehead atoms. The first-order chi connectivity index (χ1) is 16.0. The summed E-state index contributed by atoms with van der Waals surface area (Å²) >= 11 is 0. The van der Waals surface area contributed by atoms with Gasteiger partial charge in [0.2, 0.25) is 5.91 Å². The standard InChI is InChI=1S/C27H37N3O3/c1-5-17-30(18-6-2)19-9-16-28-26(31)24-22-10-7-8-11-23(22)27(32)29(3)25(24)20-12-14-21(33-4)15-13-20/h7-8,10-15,24-25H,5-6,9,16-19H2,1-4H3,(H,28,31)/t24-,25+/m1/s1. The number of nitrogens with zero attached hydrogens (tertiary/aromatic N) is 2. The summed E-state index contributed by atoms with van der Waals surface area (Å²) in [6.07, 6.45) is 3.17. The molecule has 0 unspecified atom stereocenters. The monoisotopic (exact) mass is 451 g/mol. The minimum absolute atomic E-state index is 0.0415. The number of fused-ring (bicyclic) bond motifs is 1. The quantitative estimate of drug-likeness (QED) is 0.519. The van der Waals surface area contributed by atoms with E-state index in [1.807, 2.05) is 48.5 Å². The van der Waals surface area contributed by atoms with E-state index in [0.29, 0.717) is 12.1 Å². The molecule has 1 aliphatic rings. The predicted octanol–water partition coefficient (Wildman–Crippen LogP) is 4.23. The molecule has 2 atom stereocenters. The van der Waals surface area contributed by atoms with Crippen molar-refractivity contribution in [1.29, 1.82) is 0 Å². The molecule has 1 aliphatic heterocycles. The number of ether oxygens (including phenoxy) is 1. The topological polar surface area (TPSA) is 61.9 Å². The Kier molecular flexibility index (Phi) is 8.89. The van der Waals surface area contributed by atoms with E-state index in [-0.39, 0.29) is 17.9 Å². The maximum atomic E-state index is 13.5. The van der Waals surface area contributed by atoms with Gasteiger partial charge in [-0.15, -0.1) is 0 Å². The number of methoxy groups -OCH3 is 1. The summed E-state index contributed by atoms with van der Waals surface area (Å²) in [5, 5.41) is 3.16. The molecule has 0 radical (unpaired) electrons. The van der Waals surface area contributed by atoms with Crippen LogP contribution >= 0.6 is 0 Å². The summed E-state index contributed by atoms with van der Waals surface area (Å²) in [7, 11) is 3.40. The molecular weight excluding hydrogens is 414 g/mol. The van der Waals surface area contributed by atoms with Crippen LogP contribution in [-0.4, -0.2) is 62.0 Å². The number of benzene rings is 2. The molecule has 0 saturated carbocycles. The number of amides is 2. The average molecular weight is 452 g/mol. The summed E-state index contributed by atoms with van der Waals surface area (Å²) in [4.78, 5) is 30.8. The Balaban J connectivity index is 1.81. The zero-order valence-corrected chi connectivity index (χ0v) is 20.3. The number of carbonyl (C=O) groups is 2. The molecule has 3 rings (SSSR count). The maximum Gasteiger partial charge on any atom is 0.254 e. The molecule has 2 aromatic carbocycles. The van der Waals surface area contributed by atoms with Crippen LogP contribution in [0.15, 0.2) is 48.5 Å². The first-order valence-electron chi connectivity index (χ1n) is 12.0. The van der Waals surface area contributed by atoms with Gasteiger partial charge in [0.25, 0.3) is 5.91 Å². The van der Waals surface area contributed by atoms with Crippen molar-refractivity contribution in [2.75, 3.05) is 40.3 Å². The predicted molar refractivity (Wildman–Crippen MR) is 132 cm³/mol. The lowest BCUT2D eigenvalue weighted by atomic mass is 9.79. The van der Waals surface area contributed by atoms with E-state index in [0.717, 1.165) is 55.8 Å². The van der Waals surface area contributed by atoms with Crippen LogP contribution < -0.4 is 10.1 Å². The van der Waals surface area contributed by atoms with Crippen molar-refractivity contribution in [1.82, 2.24) is 15.1 Å². The number of hydrogen-bond acceptors (Lipinski definition) is 4. The smallest absolute Gasteiger partial charge is 0.254 e. The van der Waals surface area contributed by atoms with Crippen LogP contribution in [-0.2, 0) is 4.79 Å². The van der Waals surface area contributed by atoms with Crippen LogP contribution in [0.2, 0.25) is 0 Å². The highest BCUT2D eigenvalue weighted by atomic mass is 16.5. The Labute approximate surface area is 197 Å². The minimum atomic E-state index is -0.473. The largest absolute Gasteiger partial charge is 0.497 e. The summed E-state index contributed by atoms with van der Waals surface area (Å²) in [5.74, 6) is 0.165. The highest BCUT2D eigenvalue weighted by Gasteiger charge is 2.42. The molecule has 0 aliphatic carbocycles. The maximum absolute atomic E-state index is 13.5. The summed E-state index contributed by atoms with van der Waals surface area (Å²) in [6, 6.07) is 14.7. The zero-order chi connectivity index (χ0) is 23.8. The van der Waals surface area contributed by atoms with E-state index < -0.39 is 5.92 Å². The lowest BCUT2D eigenvalue weighted by molar-refractivity contribution is -0.124. The van der Waals surface area contributed by atoms with Gasteiger partial charge in [0, 0.05) is 19.2 Å². The van der Waals surface area contributed by atoms with Gasteiger partial charge < -0.3 is 19.9 Å². The molecule has 0 aromatic heterocycles. The van der Waals surface area contributed by atoms with Crippen LogP contribution in [0.4, 0.5) is 0 Å². The molecule has 0 spiro atoms. The minimum Gasteiger partial charge on any atom is -0.497 e. The van der Waals surface area contributed by atoms with Gasteiger partial charge in [-0.2, -0.15) is 0 Å². The Morgan fingerprint density at radius 3 is 2.33 bits per heavy atom. The van der Waals surface area contributed by atoms with Gasteiger partial charge in [0.1, 0.15) is 5.75 Å². The van der Waals surface area contributed by atoms with Gasteiger partial charge in [0.15, 0.2) is 0 Å². The van der Waals surface area contributed by atoms with Crippen LogP contribution in [0.1, 0.15) is 66.6 Å². The second-order valence-electron chi connectivity index (χ2n) is 8.69. The molecule has 33 heavy (non-hydrogen) atoms. The van der Waals surface area contributed by atoms with Crippen LogP contribution in [0.5, 0.6) is 5.75 Å². The molecule has 1 N–H and O–H groups in total. The number of likely N-dealkylation sites (N-methyl/N-ethyl adjacent to an activating group) is 1. The summed E-state index contributed by atoms with van der Waals surface area (Å²) in [6.45, 7) is 8.16. The van der Waals surface area contributed by atoms with E-state index >= 15 is 0 Å². The SMILES string of the molecule is CCCN(CCC)CCCNC(=O)[C@@H]1c2ccccc2C(=O)N(C)[C@H]1c1ccc(OC)cc1. The molecule has 1 heterocycles. The van der Waals surface area contributed by atoms with Gasteiger partial charge in [-0.3, -0.25) is 9.59 Å². The van der Waals surface area contributed by atoms with E-state index in [1.54, 1.807) is 19.1 Å². The van der Waals surface area contributed by atoms with Crippen molar-refractivity contribution in [3.05, 3.63) is 65.2 Å². The van der Waals surface area contributed by atoms with Crippen LogP contribution in [0.25, 0.3) is 0 Å². The fourth-order valence-electron chi connectivity index (χ4n) is 4.77. The molecule has 0 fully saturated rings. The molecule has 0 saturated heterocycles. The van der Waals surface area contributed by atoms with E-state index in [4.69, 9.17) is 4.74 Å². The zero-order valence-electron chi connectivity index (χ0n) is 20.3. The van der Waals surface area contributed by atoms with Gasteiger partial charge in [-0.05, 0) is 68.2 Å². The third kappa shape index (κ3) is 5.74. The van der Waals surface area contributed by atoms with Gasteiger partial charge in [-0.1, -0.05) is 44.2 Å². The molecule has 2 aromatic rings. The Morgan fingerprint density at radius 1 is 1.03 bits per heavy atom. The Bertz CT molecular complexity index is 922. The van der Waals surface area contributed by atoms with Crippen molar-refractivity contribution in [2.24, 2.45) is 0 Å². The van der Waals surface area contributed by atoms with E-state index in [2.05, 4.69) is 24.1 Å². The lowest BCUT2D eigenvalue weighted by Gasteiger charge is -2.39. The van der Waals surface area contributed by atoms with Crippen molar-refractivity contribution in [3.8, 4) is 5.75 Å². The van der Waals surface area contributed by atoms with Crippen molar-refractivity contribution >= 4 is 11.8 Å². The second kappa shape index (κ2) is 11.8. The molecular formula is C27H37N3O3. The fourth-order valence-corrected chi connectivity index (χ4v) is 4.77. The Hall–Kier alpha value is -2.86. The van der Waals surface area contributed by atoms with E-state index in [1.165, 1.54) is 0 Å². The third-order valence-corrected chi connectivity index (χ3v) is 6.35. The summed E-state index contributed by atoms with van der Waals surface area (Å²) in [5.41, 5.74) is 2.30. The average Bonchev–Trinajstić information content (AvgIpc) is 2.84. The molecule has 2 amide bonds. The number of carbonyl (C=O) groups excluding carboxylic acids is 2. The van der Waals surface area contributed by atoms with Gasteiger partial charge in [-0.25, -0.2) is 0 Å². The number of hydrogen-bond donors (Lipinski definition) is 1. The highest BCUT2D eigenvalue weighted by molar-refractivity contribution is 6.01. The number of nitrogens with one attached hydrogen (secondary N) is 1. The highest BCUT2D eigenvalue weighted by Crippen LogP contribution is 2.42. The van der Waals surface area contributed by atoms with Crippen molar-refractivity contribution in [2.45, 2.75) is 45.1 Å². The molecule has 6 nitrogen and oxygen atoms in total. The van der Waals surface area contributed by atoms with Gasteiger partial charge >= 0.3 is 0 Å². The first-order valence-corrected chi connectivity index (χ1v) is 12.0. The van der Waals surface area contributed by atoms with Crippen LogP contribution in [0, 0.1) is 0 Å². The van der Waals surface area contributed by atoms with E-state index in [9.17, 15) is 9.59 Å². The molecule has 6 heteroatoms. The normalized spacial score (nSPS) is 17.7.